The SMILES string of the molecule is C.O=C1CCC(c2noc3ccc4cc(OCCBr)ccc4c23)C(=O)N1.O=C1CCC(c2noc3ccc4cc(OCCN5CC6CC6C5)ccc4c23)C(=O)N1.O=C1CCC(c2noc3ccc4cc(OCCN5CC6CC6C5)ccc4c23)C(=O)N1.[CH3-].[W]. The van der Waals surface area contributed by atoms with Crippen molar-refractivity contribution < 1.29 is 77.6 Å². The Labute approximate surface area is 529 Å². The van der Waals surface area contributed by atoms with Gasteiger partial charge in [0.1, 0.15) is 47.5 Å². The fourth-order valence-electron chi connectivity index (χ4n) is 13.3. The van der Waals surface area contributed by atoms with Crippen LogP contribution in [0.4, 0.5) is 0 Å². The topological polar surface area (TPSA) is 251 Å². The summed E-state index contributed by atoms with van der Waals surface area (Å²) in [5.74, 6) is 3.15. The van der Waals surface area contributed by atoms with E-state index in [-0.39, 0.29) is 71.4 Å². The van der Waals surface area contributed by atoms with Gasteiger partial charge in [0.25, 0.3) is 0 Å². The van der Waals surface area contributed by atoms with E-state index in [0.29, 0.717) is 92.2 Å². The summed E-state index contributed by atoms with van der Waals surface area (Å²) in [6, 6.07) is 29.3. The average Bonchev–Trinajstić information content (AvgIpc) is 1.61. The third kappa shape index (κ3) is 12.7. The first-order valence-electron chi connectivity index (χ1n) is 29.3. The number of nitrogens with one attached hydrogen (secondary N) is 3. The number of amides is 6. The number of hydrogen-bond acceptors (Lipinski definition) is 17. The molecule has 2 aliphatic carbocycles. The van der Waals surface area contributed by atoms with Crippen LogP contribution >= 0.6 is 15.9 Å². The van der Waals surface area contributed by atoms with Gasteiger partial charge in [0, 0.05) is 84.9 Å². The van der Waals surface area contributed by atoms with Crippen molar-refractivity contribution in [3.05, 3.63) is 116 Å². The van der Waals surface area contributed by atoms with Gasteiger partial charge in [-0.05, 0) is 161 Å². The first-order valence-corrected chi connectivity index (χ1v) is 30.5. The number of carbonyl (C=O) groups is 6. The molecule has 7 aliphatic rings. The van der Waals surface area contributed by atoms with Crippen molar-refractivity contribution in [1.82, 2.24) is 41.2 Å². The van der Waals surface area contributed by atoms with Crippen molar-refractivity contribution in [3.63, 3.8) is 0 Å². The van der Waals surface area contributed by atoms with E-state index in [1.807, 2.05) is 91.0 Å². The molecular formula is C66H68BrN8O12W-. The van der Waals surface area contributed by atoms with E-state index in [1.54, 1.807) is 0 Å². The summed E-state index contributed by atoms with van der Waals surface area (Å²) >= 11 is 3.34. The maximum Gasteiger partial charge on any atom is 0.235 e. The van der Waals surface area contributed by atoms with Crippen molar-refractivity contribution >= 4 is 117 Å². The van der Waals surface area contributed by atoms with Gasteiger partial charge in [-0.1, -0.05) is 57.0 Å². The molecule has 20 nitrogen and oxygen atoms in total. The van der Waals surface area contributed by atoms with Crippen molar-refractivity contribution in [3.8, 4) is 17.2 Å². The summed E-state index contributed by atoms with van der Waals surface area (Å²) < 4.78 is 34.1. The molecule has 8 heterocycles. The normalized spacial score (nSPS) is 22.9. The van der Waals surface area contributed by atoms with Crippen LogP contribution in [0.1, 0.15) is 93.6 Å². The second kappa shape index (κ2) is 26.2. The molecule has 7 fully saturated rings. The zero-order chi connectivity index (χ0) is 57.9. The molecule has 0 spiro atoms. The summed E-state index contributed by atoms with van der Waals surface area (Å²) in [7, 11) is 0. The number of hydrogen-bond donors (Lipinski definition) is 3. The number of likely N-dealkylation sites (tertiary alicyclic amines) is 2. The smallest absolute Gasteiger partial charge is 0.235 e. The molecule has 16 rings (SSSR count). The summed E-state index contributed by atoms with van der Waals surface area (Å²) in [6.45, 7) is 8.78. The van der Waals surface area contributed by atoms with Crippen molar-refractivity contribution in [1.29, 1.82) is 0 Å². The molecule has 2 saturated carbocycles. The molecule has 5 saturated heterocycles. The Morgan fingerprint density at radius 3 is 1.09 bits per heavy atom. The van der Waals surface area contributed by atoms with Gasteiger partial charge in [-0.3, -0.25) is 54.5 Å². The van der Waals surface area contributed by atoms with Crippen LogP contribution in [0.15, 0.2) is 105 Å². The van der Waals surface area contributed by atoms with Crippen molar-refractivity contribution in [2.24, 2.45) is 23.7 Å². The largest absolute Gasteiger partial charge is 0.493 e. The standard InChI is InChI=1S/2C23H23N3O4.C18H15BrN2O4.CH4.CH3.W/c2*27-20-6-4-18(23(28)24-20)22-21-17-3-2-16(10-13(17)1-5-19(21)30-25-22)29-8-7-26-11-14-9-15(14)12-26;19-7-8-24-11-2-3-12-10(9-11)1-5-14-16(12)17(21-25-14)13-4-6-15(22)20-18(13)23;;;/h2*1-3,5,10,14-15,18H,4,6-9,11-12H2,(H,24,27,28);1-3,5,9,13H,4,6-8H2,(H,20,22,23);1H4;1H3;/q;;;;-1;. The van der Waals surface area contributed by atoms with E-state index in [1.165, 1.54) is 39.0 Å². The number of fused-ring (bicyclic) bond motifs is 11. The number of carbonyl (C=O) groups excluding carboxylic acids is 6. The number of ether oxygens (including phenoxy) is 3. The molecule has 6 amide bonds. The first kappa shape index (κ1) is 62.0. The molecule has 7 atom stereocenters. The molecule has 0 bridgehead atoms. The van der Waals surface area contributed by atoms with E-state index in [2.05, 4.69) is 57.2 Å². The van der Waals surface area contributed by atoms with Crippen molar-refractivity contribution in [2.75, 3.05) is 64.4 Å². The summed E-state index contributed by atoms with van der Waals surface area (Å²) in [6.07, 6.45) is 5.10. The van der Waals surface area contributed by atoms with Crippen LogP contribution in [0.5, 0.6) is 17.2 Å². The zero-order valence-corrected chi connectivity index (χ0v) is 52.4. The van der Waals surface area contributed by atoms with Crippen LogP contribution in [0.25, 0.3) is 65.2 Å². The predicted octanol–water partition coefficient (Wildman–Crippen LogP) is 10.0. The van der Waals surface area contributed by atoms with E-state index in [9.17, 15) is 28.8 Å². The first-order chi connectivity index (χ1) is 41.5. The van der Waals surface area contributed by atoms with Gasteiger partial charge in [0.05, 0.1) is 40.5 Å². The van der Waals surface area contributed by atoms with E-state index in [4.69, 9.17) is 27.8 Å². The van der Waals surface area contributed by atoms with Gasteiger partial charge in [0.15, 0.2) is 16.7 Å². The number of aromatic nitrogens is 3. The zero-order valence-electron chi connectivity index (χ0n) is 47.9. The second-order valence-corrected chi connectivity index (χ2v) is 24.2. The van der Waals surface area contributed by atoms with Gasteiger partial charge < -0.3 is 35.2 Å². The Kier molecular flexibility index (Phi) is 18.5. The molecule has 3 N–H and O–H groups in total. The number of benzene rings is 6. The molecule has 5 aliphatic heterocycles. The fourth-order valence-corrected chi connectivity index (χ4v) is 13.4. The van der Waals surface area contributed by atoms with E-state index < -0.39 is 17.8 Å². The van der Waals surface area contributed by atoms with Gasteiger partial charge in [-0.2, -0.15) is 0 Å². The fraction of sp³-hybridized carbons (Fsp3) is 0.394. The predicted molar refractivity (Wildman–Crippen MR) is 329 cm³/mol. The maximum absolute atomic E-state index is 12.3. The summed E-state index contributed by atoms with van der Waals surface area (Å²) in [4.78, 5) is 76.3. The molecule has 3 aromatic heterocycles. The van der Waals surface area contributed by atoms with Crippen molar-refractivity contribution in [2.45, 2.75) is 76.5 Å². The number of halogens is 1. The Morgan fingerprint density at radius 2 is 0.784 bits per heavy atom. The third-order valence-electron chi connectivity index (χ3n) is 17.9. The van der Waals surface area contributed by atoms with Crippen LogP contribution < -0.4 is 30.2 Å². The second-order valence-electron chi connectivity index (χ2n) is 23.4. The molecule has 0 radical (unpaired) electrons. The van der Waals surface area contributed by atoms with Crippen LogP contribution in [0, 0.1) is 31.1 Å². The van der Waals surface area contributed by atoms with Gasteiger partial charge >= 0.3 is 0 Å². The van der Waals surface area contributed by atoms with Gasteiger partial charge in [-0.25, -0.2) is 0 Å². The van der Waals surface area contributed by atoms with Gasteiger partial charge in [-0.15, -0.1) is 0 Å². The van der Waals surface area contributed by atoms with Crippen LogP contribution in [-0.2, 0) is 49.8 Å². The monoisotopic (exact) mass is 1430 g/mol. The minimum atomic E-state index is -0.478. The number of nitrogens with zero attached hydrogens (tertiary/aromatic N) is 5. The summed E-state index contributed by atoms with van der Waals surface area (Å²) in [5.41, 5.74) is 3.69. The molecule has 7 unspecified atom stereocenters. The minimum absolute atomic E-state index is 0. The number of imide groups is 3. The Balaban J connectivity index is 0.000000135. The number of piperidine rings is 5. The molecule has 22 heteroatoms. The molecule has 6 aromatic carbocycles. The maximum atomic E-state index is 12.3. The Morgan fingerprint density at radius 1 is 0.466 bits per heavy atom. The Hall–Kier alpha value is -7.58. The number of alkyl halides is 1. The van der Waals surface area contributed by atoms with Crippen LogP contribution in [0.3, 0.4) is 0 Å². The minimum Gasteiger partial charge on any atom is -0.493 e. The van der Waals surface area contributed by atoms with Gasteiger partial charge in [0.2, 0.25) is 35.4 Å². The Bertz CT molecular complexity index is 3960. The average molecular weight is 1430 g/mol. The van der Waals surface area contributed by atoms with Crippen LogP contribution in [-0.4, -0.2) is 125 Å². The molecule has 88 heavy (non-hydrogen) atoms. The molecular weight excluding hydrogens is 1360 g/mol. The van der Waals surface area contributed by atoms with E-state index >= 15 is 0 Å². The van der Waals surface area contributed by atoms with E-state index in [0.717, 1.165) is 108 Å². The molecule has 458 valence electrons. The number of rotatable bonds is 14. The summed E-state index contributed by atoms with van der Waals surface area (Å²) in [5, 5.41) is 28.9. The third-order valence-corrected chi connectivity index (χ3v) is 18.2. The quantitative estimate of drug-likeness (QED) is 0.0520. The van der Waals surface area contributed by atoms with Crippen LogP contribution in [0.2, 0.25) is 0 Å². The molecule has 9 aromatic rings.